The number of rotatable bonds is 2. The smallest absolute Gasteiger partial charge is 0.261 e. The highest BCUT2D eigenvalue weighted by Crippen LogP contribution is 2.16. The minimum Gasteiger partial charge on any atom is -0.311 e. The maximum Gasteiger partial charge on any atom is 0.261 e. The minimum absolute atomic E-state index is 0.178. The lowest BCUT2D eigenvalue weighted by Gasteiger charge is -2.16. The predicted octanol–water partition coefficient (Wildman–Crippen LogP) is 2.13. The summed E-state index contributed by atoms with van der Waals surface area (Å²) in [6.07, 6.45) is 1.48. The summed E-state index contributed by atoms with van der Waals surface area (Å²) in [4.78, 5) is 13.5. The third kappa shape index (κ3) is 2.18. The van der Waals surface area contributed by atoms with E-state index in [-0.39, 0.29) is 11.7 Å². The molecule has 5 heteroatoms. The van der Waals surface area contributed by atoms with Crippen LogP contribution in [-0.4, -0.2) is 23.2 Å². The molecule has 1 aromatic carbocycles. The average Bonchev–Trinajstić information content (AvgIpc) is 2.74. The lowest BCUT2D eigenvalue weighted by molar-refractivity contribution is 0.0992. The van der Waals surface area contributed by atoms with Crippen molar-refractivity contribution in [2.75, 3.05) is 11.9 Å². The van der Waals surface area contributed by atoms with Gasteiger partial charge in [0, 0.05) is 18.4 Å². The van der Waals surface area contributed by atoms with Gasteiger partial charge in [0.2, 0.25) is 0 Å². The lowest BCUT2D eigenvalue weighted by atomic mass is 10.2. The summed E-state index contributed by atoms with van der Waals surface area (Å²) in [6, 6.07) is 5.76. The number of benzene rings is 1. The van der Waals surface area contributed by atoms with Crippen molar-refractivity contribution in [3.63, 3.8) is 0 Å². The second-order valence-corrected chi connectivity index (χ2v) is 3.75. The van der Waals surface area contributed by atoms with E-state index in [0.29, 0.717) is 16.9 Å². The summed E-state index contributed by atoms with van der Waals surface area (Å²) < 4.78 is 12.8. The predicted molar refractivity (Wildman–Crippen MR) is 62.5 cm³/mol. The highest BCUT2D eigenvalue weighted by molar-refractivity contribution is 6.06. The molecule has 0 saturated heterocycles. The topological polar surface area (TPSA) is 49.0 Å². The van der Waals surface area contributed by atoms with Crippen molar-refractivity contribution in [2.45, 2.75) is 6.92 Å². The number of nitrogens with one attached hydrogen (secondary N) is 1. The van der Waals surface area contributed by atoms with Crippen LogP contribution in [0.4, 0.5) is 10.1 Å². The highest BCUT2D eigenvalue weighted by Gasteiger charge is 2.16. The van der Waals surface area contributed by atoms with E-state index in [2.05, 4.69) is 10.2 Å². The summed E-state index contributed by atoms with van der Waals surface area (Å²) in [5.74, 6) is -0.503. The SMILES string of the molecule is Cc1[nH]ncc1C(=O)N(C)c1ccc(F)cc1. The molecule has 2 aromatic rings. The Morgan fingerprint density at radius 3 is 2.53 bits per heavy atom. The monoisotopic (exact) mass is 233 g/mol. The largest absolute Gasteiger partial charge is 0.311 e. The summed E-state index contributed by atoms with van der Waals surface area (Å²) in [7, 11) is 1.64. The molecule has 0 atom stereocenters. The van der Waals surface area contributed by atoms with Crippen LogP contribution in [-0.2, 0) is 0 Å². The molecule has 0 spiro atoms. The molecule has 0 aliphatic carbocycles. The summed E-state index contributed by atoms with van der Waals surface area (Å²) in [5.41, 5.74) is 1.86. The molecule has 0 aliphatic rings. The van der Waals surface area contributed by atoms with Gasteiger partial charge in [0.05, 0.1) is 11.8 Å². The van der Waals surface area contributed by atoms with Crippen LogP contribution in [0.25, 0.3) is 0 Å². The Hall–Kier alpha value is -2.17. The van der Waals surface area contributed by atoms with E-state index in [4.69, 9.17) is 0 Å². The fraction of sp³-hybridized carbons (Fsp3) is 0.167. The number of H-pyrrole nitrogens is 1. The Kier molecular flexibility index (Phi) is 2.91. The molecule has 1 amide bonds. The van der Waals surface area contributed by atoms with Crippen LogP contribution in [0, 0.1) is 12.7 Å². The summed E-state index contributed by atoms with van der Waals surface area (Å²) in [6.45, 7) is 1.78. The van der Waals surface area contributed by atoms with E-state index < -0.39 is 0 Å². The summed E-state index contributed by atoms with van der Waals surface area (Å²) >= 11 is 0. The first-order valence-electron chi connectivity index (χ1n) is 5.13. The number of aryl methyl sites for hydroxylation is 1. The van der Waals surface area contributed by atoms with Gasteiger partial charge < -0.3 is 4.90 Å². The second-order valence-electron chi connectivity index (χ2n) is 3.75. The number of amides is 1. The number of anilines is 1. The third-order valence-corrected chi connectivity index (χ3v) is 2.58. The molecule has 0 radical (unpaired) electrons. The van der Waals surface area contributed by atoms with Gasteiger partial charge in [0.25, 0.3) is 5.91 Å². The number of carbonyl (C=O) groups excluding carboxylic acids is 1. The van der Waals surface area contributed by atoms with Crippen molar-refractivity contribution in [1.29, 1.82) is 0 Å². The molecular formula is C12H12FN3O. The van der Waals surface area contributed by atoms with Crippen LogP contribution in [0.3, 0.4) is 0 Å². The van der Waals surface area contributed by atoms with Gasteiger partial charge in [0.1, 0.15) is 5.82 Å². The lowest BCUT2D eigenvalue weighted by Crippen LogP contribution is -2.26. The quantitative estimate of drug-likeness (QED) is 0.863. The Labute approximate surface area is 98.1 Å². The van der Waals surface area contributed by atoms with Gasteiger partial charge in [-0.15, -0.1) is 0 Å². The van der Waals surface area contributed by atoms with Gasteiger partial charge in [0.15, 0.2) is 0 Å². The molecule has 17 heavy (non-hydrogen) atoms. The molecule has 1 N–H and O–H groups in total. The first kappa shape index (κ1) is 11.3. The molecule has 88 valence electrons. The van der Waals surface area contributed by atoms with Crippen molar-refractivity contribution < 1.29 is 9.18 Å². The average molecular weight is 233 g/mol. The van der Waals surface area contributed by atoms with Gasteiger partial charge in [-0.25, -0.2) is 4.39 Å². The van der Waals surface area contributed by atoms with E-state index in [9.17, 15) is 9.18 Å². The molecule has 0 fully saturated rings. The maximum absolute atomic E-state index is 12.8. The van der Waals surface area contributed by atoms with E-state index in [1.54, 1.807) is 26.1 Å². The molecule has 1 aromatic heterocycles. The Morgan fingerprint density at radius 1 is 1.35 bits per heavy atom. The number of halogens is 1. The first-order valence-corrected chi connectivity index (χ1v) is 5.13. The van der Waals surface area contributed by atoms with E-state index >= 15 is 0 Å². The fourth-order valence-electron chi connectivity index (χ4n) is 1.53. The molecule has 0 bridgehead atoms. The number of nitrogens with zero attached hydrogens (tertiary/aromatic N) is 2. The highest BCUT2D eigenvalue weighted by atomic mass is 19.1. The van der Waals surface area contributed by atoms with Gasteiger partial charge in [-0.1, -0.05) is 0 Å². The standard InChI is InChI=1S/C12H12FN3O/c1-8-11(7-14-15-8)12(17)16(2)10-5-3-9(13)4-6-10/h3-7H,1-2H3,(H,14,15). The number of hydrogen-bond donors (Lipinski definition) is 1. The van der Waals surface area contributed by atoms with Crippen molar-refractivity contribution in [3.05, 3.63) is 47.5 Å². The molecule has 1 heterocycles. The molecule has 0 aliphatic heterocycles. The van der Waals surface area contributed by atoms with Crippen LogP contribution in [0.5, 0.6) is 0 Å². The molecule has 4 nitrogen and oxygen atoms in total. The van der Waals surface area contributed by atoms with Crippen molar-refractivity contribution in [3.8, 4) is 0 Å². The zero-order valence-corrected chi connectivity index (χ0v) is 9.57. The fourth-order valence-corrected chi connectivity index (χ4v) is 1.53. The van der Waals surface area contributed by atoms with E-state index in [1.807, 2.05) is 0 Å². The second kappa shape index (κ2) is 4.37. The van der Waals surface area contributed by atoms with E-state index in [0.717, 1.165) is 0 Å². The van der Waals surface area contributed by atoms with Gasteiger partial charge in [-0.3, -0.25) is 9.89 Å². The van der Waals surface area contributed by atoms with Crippen LogP contribution in [0.1, 0.15) is 16.1 Å². The minimum atomic E-state index is -0.325. The number of carbonyl (C=O) groups is 1. The van der Waals surface area contributed by atoms with Gasteiger partial charge in [-0.2, -0.15) is 5.10 Å². The molecule has 0 saturated carbocycles. The zero-order valence-electron chi connectivity index (χ0n) is 9.57. The first-order chi connectivity index (χ1) is 8.09. The van der Waals surface area contributed by atoms with Crippen molar-refractivity contribution in [1.82, 2.24) is 10.2 Å². The third-order valence-electron chi connectivity index (χ3n) is 2.58. The van der Waals surface area contributed by atoms with Crippen LogP contribution in [0.15, 0.2) is 30.5 Å². The van der Waals surface area contributed by atoms with Crippen molar-refractivity contribution >= 4 is 11.6 Å². The van der Waals surface area contributed by atoms with E-state index in [1.165, 1.54) is 23.2 Å². The Morgan fingerprint density at radius 2 is 2.00 bits per heavy atom. The van der Waals surface area contributed by atoms with Gasteiger partial charge in [-0.05, 0) is 31.2 Å². The van der Waals surface area contributed by atoms with Crippen LogP contribution >= 0.6 is 0 Å². The molecule has 0 unspecified atom stereocenters. The maximum atomic E-state index is 12.8. The molecule has 2 rings (SSSR count). The Bertz CT molecular complexity index is 533. The number of hydrogen-bond acceptors (Lipinski definition) is 2. The molecular weight excluding hydrogens is 221 g/mol. The van der Waals surface area contributed by atoms with Crippen LogP contribution in [0.2, 0.25) is 0 Å². The number of aromatic amines is 1. The van der Waals surface area contributed by atoms with Gasteiger partial charge >= 0.3 is 0 Å². The zero-order chi connectivity index (χ0) is 12.4. The Balaban J connectivity index is 2.26. The number of aromatic nitrogens is 2. The van der Waals surface area contributed by atoms with Crippen LogP contribution < -0.4 is 4.90 Å². The normalized spacial score (nSPS) is 10.3. The van der Waals surface area contributed by atoms with Crippen molar-refractivity contribution in [2.24, 2.45) is 0 Å². The summed E-state index contributed by atoms with van der Waals surface area (Å²) in [5, 5.41) is 6.51.